The van der Waals surface area contributed by atoms with Crippen molar-refractivity contribution in [2.45, 2.75) is 20.3 Å². The predicted molar refractivity (Wildman–Crippen MR) is 235 cm³/mol. The fraction of sp³-hybridized carbons (Fsp3) is 0.0577. The Morgan fingerprint density at radius 2 is 1.50 bits per heavy atom. The summed E-state index contributed by atoms with van der Waals surface area (Å²) in [6.07, 6.45) is 19.8. The van der Waals surface area contributed by atoms with Crippen LogP contribution in [0.5, 0.6) is 0 Å². The normalized spacial score (nSPS) is 12.9. The summed E-state index contributed by atoms with van der Waals surface area (Å²) in [5, 5.41) is 4.82. The van der Waals surface area contributed by atoms with Gasteiger partial charge in [-0.05, 0) is 129 Å². The maximum atomic E-state index is 4.98. The molecule has 0 saturated heterocycles. The first-order valence-corrected chi connectivity index (χ1v) is 18.6. The van der Waals surface area contributed by atoms with Crippen LogP contribution in [-0.4, -0.2) is 4.98 Å². The summed E-state index contributed by atoms with van der Waals surface area (Å²) in [4.78, 5) is 7.34. The molecule has 1 aromatic heterocycles. The highest BCUT2D eigenvalue weighted by atomic mass is 15.2. The van der Waals surface area contributed by atoms with Gasteiger partial charge in [0.25, 0.3) is 0 Å². The zero-order chi connectivity index (χ0) is 37.0. The molecule has 0 saturated carbocycles. The lowest BCUT2D eigenvalue weighted by Gasteiger charge is -2.33. The number of hydrogen-bond acceptors (Lipinski definition) is 2. The number of nitrogens with zero attached hydrogens (tertiary/aromatic N) is 2. The molecule has 260 valence electrons. The Bertz CT molecular complexity index is 2690. The highest BCUT2D eigenvalue weighted by molar-refractivity contribution is 6.14. The van der Waals surface area contributed by atoms with Crippen molar-refractivity contribution in [1.29, 1.82) is 0 Å². The van der Waals surface area contributed by atoms with Crippen LogP contribution in [0.2, 0.25) is 0 Å². The molecule has 0 fully saturated rings. The van der Waals surface area contributed by atoms with E-state index in [1.807, 2.05) is 24.4 Å². The van der Waals surface area contributed by atoms with E-state index in [4.69, 9.17) is 4.98 Å². The number of hydrogen-bond donors (Lipinski definition) is 0. The molecule has 0 atom stereocenters. The molecule has 0 amide bonds. The van der Waals surface area contributed by atoms with Crippen molar-refractivity contribution >= 4 is 62.4 Å². The van der Waals surface area contributed by atoms with Crippen LogP contribution < -0.4 is 4.90 Å². The first-order chi connectivity index (χ1) is 26.6. The van der Waals surface area contributed by atoms with Crippen LogP contribution in [0, 0.1) is 0 Å². The monoisotopic (exact) mass is 694 g/mol. The number of benzene rings is 6. The van der Waals surface area contributed by atoms with Gasteiger partial charge in [-0.1, -0.05) is 141 Å². The van der Waals surface area contributed by atoms with E-state index in [0.29, 0.717) is 0 Å². The molecule has 54 heavy (non-hydrogen) atoms. The minimum atomic E-state index is 0.744. The lowest BCUT2D eigenvalue weighted by atomic mass is 9.90. The van der Waals surface area contributed by atoms with Crippen LogP contribution >= 0.6 is 0 Å². The Balaban J connectivity index is 1.19. The molecule has 0 aliphatic carbocycles. The van der Waals surface area contributed by atoms with Crippen molar-refractivity contribution in [2.75, 3.05) is 4.90 Å². The van der Waals surface area contributed by atoms with E-state index in [1.165, 1.54) is 49.4 Å². The summed E-state index contributed by atoms with van der Waals surface area (Å²) < 4.78 is 0. The van der Waals surface area contributed by atoms with Crippen molar-refractivity contribution in [2.24, 2.45) is 0 Å². The first kappa shape index (κ1) is 34.3. The van der Waals surface area contributed by atoms with Gasteiger partial charge in [-0.3, -0.25) is 4.98 Å². The van der Waals surface area contributed by atoms with E-state index in [1.54, 1.807) is 0 Å². The summed E-state index contributed by atoms with van der Waals surface area (Å²) in [5.74, 6) is 0. The fourth-order valence-electron chi connectivity index (χ4n) is 7.84. The lowest BCUT2D eigenvalue weighted by molar-refractivity contribution is 1.22. The number of anilines is 3. The van der Waals surface area contributed by atoms with Crippen molar-refractivity contribution in [3.63, 3.8) is 0 Å². The molecular formula is C52H42N2. The van der Waals surface area contributed by atoms with Gasteiger partial charge in [0.05, 0.1) is 17.1 Å². The molecule has 0 N–H and O–H groups in total. The van der Waals surface area contributed by atoms with Gasteiger partial charge in [-0.2, -0.15) is 0 Å². The topological polar surface area (TPSA) is 16.1 Å². The third kappa shape index (κ3) is 6.33. The highest BCUT2D eigenvalue weighted by Crippen LogP contribution is 2.51. The average Bonchev–Trinajstić information content (AvgIpc) is 3.22. The molecule has 2 heterocycles. The zero-order valence-electron chi connectivity index (χ0n) is 30.8. The summed E-state index contributed by atoms with van der Waals surface area (Å²) in [6, 6.07) is 45.6. The van der Waals surface area contributed by atoms with Crippen LogP contribution in [0.3, 0.4) is 0 Å². The summed E-state index contributed by atoms with van der Waals surface area (Å²) in [7, 11) is 0. The van der Waals surface area contributed by atoms with Gasteiger partial charge in [-0.15, -0.1) is 0 Å². The third-order valence-corrected chi connectivity index (χ3v) is 10.2. The molecule has 7 aromatic rings. The summed E-state index contributed by atoms with van der Waals surface area (Å²) in [6.45, 7) is 12.6. The number of aromatic nitrogens is 1. The molecule has 0 spiro atoms. The molecule has 1 aliphatic heterocycles. The quantitative estimate of drug-likeness (QED) is 0.133. The molecule has 0 unspecified atom stereocenters. The van der Waals surface area contributed by atoms with Crippen molar-refractivity contribution in [3.05, 3.63) is 205 Å². The zero-order valence-corrected chi connectivity index (χ0v) is 30.8. The van der Waals surface area contributed by atoms with E-state index in [2.05, 4.69) is 190 Å². The smallest absolute Gasteiger partial charge is 0.0949 e. The minimum absolute atomic E-state index is 0.744. The molecule has 0 bridgehead atoms. The van der Waals surface area contributed by atoms with Crippen LogP contribution in [0.15, 0.2) is 183 Å². The highest BCUT2D eigenvalue weighted by Gasteiger charge is 2.27. The fourth-order valence-corrected chi connectivity index (χ4v) is 7.84. The number of pyridine rings is 1. The van der Waals surface area contributed by atoms with E-state index in [9.17, 15) is 0 Å². The van der Waals surface area contributed by atoms with Crippen molar-refractivity contribution in [3.8, 4) is 22.4 Å². The second-order valence-corrected chi connectivity index (χ2v) is 13.5. The molecular weight excluding hydrogens is 653 g/mol. The number of rotatable bonds is 10. The van der Waals surface area contributed by atoms with Gasteiger partial charge in [-0.25, -0.2) is 0 Å². The molecule has 0 radical (unpaired) electrons. The van der Waals surface area contributed by atoms with Crippen LogP contribution in [-0.2, 0) is 0 Å². The maximum Gasteiger partial charge on any atom is 0.0949 e. The van der Waals surface area contributed by atoms with Gasteiger partial charge in [0.15, 0.2) is 0 Å². The molecule has 2 heteroatoms. The second kappa shape index (κ2) is 15.1. The third-order valence-electron chi connectivity index (χ3n) is 10.2. The SMILES string of the molecule is C=C/C(=C\CC(/C=C\C)=C/c1cc2ccccc2c(C=C)c1/C=C\C)c1cccc(N2c3cccnc3-c3cc(-c4ccccc4)cc4cccc2c34)c1. The molecule has 2 nitrogen and oxygen atoms in total. The Hall–Kier alpha value is -6.77. The maximum absolute atomic E-state index is 4.98. The average molecular weight is 695 g/mol. The standard InChI is InChI=1S/C52H42N2/c1-5-17-36(31-43-32-40-21-12-13-25-47(40)45(8-4)46(43)18-6-2)28-29-37(7-3)39-22-14-24-44(34-39)54-49-26-15-23-41-33-42(38-19-10-9-11-20-38)35-48(51(41)49)52-50(54)27-16-30-53-52/h5-27,29-35H,3-4,28H2,1-2H3/b17-5-,18-6-,36-31+,37-29+. The van der Waals surface area contributed by atoms with Crippen molar-refractivity contribution < 1.29 is 0 Å². The Morgan fingerprint density at radius 1 is 0.704 bits per heavy atom. The van der Waals surface area contributed by atoms with E-state index < -0.39 is 0 Å². The number of allylic oxidation sites excluding steroid dienone is 7. The van der Waals surface area contributed by atoms with Gasteiger partial charge in [0.1, 0.15) is 0 Å². The van der Waals surface area contributed by atoms with Gasteiger partial charge >= 0.3 is 0 Å². The number of fused-ring (bicyclic) bond motifs is 3. The molecule has 1 aliphatic rings. The Kier molecular flexibility index (Phi) is 9.58. The van der Waals surface area contributed by atoms with E-state index >= 15 is 0 Å². The largest absolute Gasteiger partial charge is 0.308 e. The van der Waals surface area contributed by atoms with Crippen LogP contribution in [0.4, 0.5) is 17.1 Å². The predicted octanol–water partition coefficient (Wildman–Crippen LogP) is 14.8. The summed E-state index contributed by atoms with van der Waals surface area (Å²) >= 11 is 0. The van der Waals surface area contributed by atoms with Crippen molar-refractivity contribution in [1.82, 2.24) is 4.98 Å². The van der Waals surface area contributed by atoms with Gasteiger partial charge in [0, 0.05) is 22.8 Å². The minimum Gasteiger partial charge on any atom is -0.308 e. The van der Waals surface area contributed by atoms with E-state index in [-0.39, 0.29) is 0 Å². The van der Waals surface area contributed by atoms with E-state index in [0.717, 1.165) is 51.4 Å². The van der Waals surface area contributed by atoms with Gasteiger partial charge in [0.2, 0.25) is 0 Å². The Labute approximate surface area is 318 Å². The summed E-state index contributed by atoms with van der Waals surface area (Å²) in [5.41, 5.74) is 14.7. The lowest BCUT2D eigenvalue weighted by Crippen LogP contribution is -2.16. The second-order valence-electron chi connectivity index (χ2n) is 13.5. The van der Waals surface area contributed by atoms with Crippen LogP contribution in [0.1, 0.15) is 42.5 Å². The van der Waals surface area contributed by atoms with Gasteiger partial charge < -0.3 is 4.90 Å². The molecule has 8 rings (SSSR count). The Morgan fingerprint density at radius 3 is 2.31 bits per heavy atom. The van der Waals surface area contributed by atoms with Crippen LogP contribution in [0.25, 0.3) is 67.7 Å². The first-order valence-electron chi connectivity index (χ1n) is 18.6. The molecule has 6 aromatic carbocycles.